The van der Waals surface area contributed by atoms with Gasteiger partial charge in [-0.05, 0) is 13.8 Å². The fourth-order valence-electron chi connectivity index (χ4n) is 1.73. The molecule has 0 aromatic heterocycles. The third kappa shape index (κ3) is 2.82. The molecule has 0 spiro atoms. The molecule has 0 amide bonds. The minimum absolute atomic E-state index is 0.0174. The molecule has 4 atom stereocenters. The molecular weight excluding hydrogens is 176 g/mol. The standard InChI is InChI=1S/C12H18O2/c1-9(13)11-7-5-3-4-6-8-12(11)10(2)14/h3-14H,1-2H3/b4-3-,7-5-,8-6-. The Morgan fingerprint density at radius 1 is 0.786 bits per heavy atom. The third-order valence-corrected chi connectivity index (χ3v) is 2.56. The molecule has 0 saturated heterocycles. The van der Waals surface area contributed by atoms with E-state index in [1.54, 1.807) is 13.8 Å². The molecule has 2 nitrogen and oxygen atoms in total. The van der Waals surface area contributed by atoms with Crippen LogP contribution in [0, 0.1) is 11.8 Å². The zero-order chi connectivity index (χ0) is 10.6. The Morgan fingerprint density at radius 2 is 1.14 bits per heavy atom. The maximum atomic E-state index is 9.59. The van der Waals surface area contributed by atoms with Crippen LogP contribution in [-0.4, -0.2) is 22.4 Å². The summed E-state index contributed by atoms with van der Waals surface area (Å²) < 4.78 is 0. The molecule has 0 saturated carbocycles. The number of aliphatic hydroxyl groups excluding tert-OH is 2. The van der Waals surface area contributed by atoms with E-state index in [-0.39, 0.29) is 11.8 Å². The summed E-state index contributed by atoms with van der Waals surface area (Å²) in [5, 5.41) is 19.2. The molecule has 0 heterocycles. The topological polar surface area (TPSA) is 40.5 Å². The van der Waals surface area contributed by atoms with Crippen molar-refractivity contribution in [2.24, 2.45) is 11.8 Å². The summed E-state index contributed by atoms with van der Waals surface area (Å²) in [7, 11) is 0. The van der Waals surface area contributed by atoms with Crippen LogP contribution in [0.3, 0.4) is 0 Å². The Kier molecular flexibility index (Phi) is 4.11. The number of hydrogen-bond acceptors (Lipinski definition) is 2. The van der Waals surface area contributed by atoms with E-state index in [2.05, 4.69) is 0 Å². The second-order valence-electron chi connectivity index (χ2n) is 3.79. The summed E-state index contributed by atoms with van der Waals surface area (Å²) in [6, 6.07) is 0. The molecule has 1 aliphatic carbocycles. The Balaban J connectivity index is 2.89. The van der Waals surface area contributed by atoms with Gasteiger partial charge in [-0.25, -0.2) is 0 Å². The lowest BCUT2D eigenvalue weighted by Gasteiger charge is -2.27. The predicted molar refractivity (Wildman–Crippen MR) is 57.8 cm³/mol. The smallest absolute Gasteiger partial charge is 0.0581 e. The van der Waals surface area contributed by atoms with Crippen molar-refractivity contribution in [2.45, 2.75) is 26.1 Å². The highest BCUT2D eigenvalue weighted by Gasteiger charge is 2.25. The lowest BCUT2D eigenvalue weighted by atomic mass is 9.83. The summed E-state index contributed by atoms with van der Waals surface area (Å²) in [4.78, 5) is 0. The zero-order valence-corrected chi connectivity index (χ0v) is 8.67. The molecule has 0 radical (unpaired) electrons. The van der Waals surface area contributed by atoms with E-state index in [0.717, 1.165) is 0 Å². The number of rotatable bonds is 2. The fourth-order valence-corrected chi connectivity index (χ4v) is 1.73. The summed E-state index contributed by atoms with van der Waals surface area (Å²) >= 11 is 0. The number of hydrogen-bond donors (Lipinski definition) is 2. The van der Waals surface area contributed by atoms with E-state index in [0.29, 0.717) is 0 Å². The molecule has 0 aliphatic heterocycles. The fraction of sp³-hybridized carbons (Fsp3) is 0.500. The quantitative estimate of drug-likeness (QED) is 0.702. The van der Waals surface area contributed by atoms with Gasteiger partial charge in [0.1, 0.15) is 0 Å². The van der Waals surface area contributed by atoms with Gasteiger partial charge in [0, 0.05) is 11.8 Å². The van der Waals surface area contributed by atoms with Crippen molar-refractivity contribution >= 4 is 0 Å². The van der Waals surface area contributed by atoms with Crippen molar-refractivity contribution in [1.82, 2.24) is 0 Å². The van der Waals surface area contributed by atoms with Crippen molar-refractivity contribution in [2.75, 3.05) is 0 Å². The average molecular weight is 194 g/mol. The van der Waals surface area contributed by atoms with Crippen LogP contribution in [0.25, 0.3) is 0 Å². The molecule has 0 aromatic rings. The van der Waals surface area contributed by atoms with Gasteiger partial charge < -0.3 is 10.2 Å². The minimum Gasteiger partial charge on any atom is -0.393 e. The molecule has 1 rings (SSSR count). The van der Waals surface area contributed by atoms with E-state index < -0.39 is 12.2 Å². The highest BCUT2D eigenvalue weighted by atomic mass is 16.3. The molecule has 0 fully saturated rings. The van der Waals surface area contributed by atoms with E-state index in [1.807, 2.05) is 36.5 Å². The second kappa shape index (κ2) is 5.13. The van der Waals surface area contributed by atoms with Crippen molar-refractivity contribution in [3.63, 3.8) is 0 Å². The SMILES string of the molecule is CC(O)C1\C=C/C=C\C=C/C1C(C)O. The summed E-state index contributed by atoms with van der Waals surface area (Å²) in [6.45, 7) is 3.51. The second-order valence-corrected chi connectivity index (χ2v) is 3.79. The molecular formula is C12H18O2. The van der Waals surface area contributed by atoms with Gasteiger partial charge in [-0.1, -0.05) is 36.5 Å². The normalized spacial score (nSPS) is 37.7. The van der Waals surface area contributed by atoms with Gasteiger partial charge in [0.2, 0.25) is 0 Å². The molecule has 2 heteroatoms. The van der Waals surface area contributed by atoms with Gasteiger partial charge >= 0.3 is 0 Å². The summed E-state index contributed by atoms with van der Waals surface area (Å²) in [5.74, 6) is -0.0348. The van der Waals surface area contributed by atoms with Crippen LogP contribution < -0.4 is 0 Å². The highest BCUT2D eigenvalue weighted by Crippen LogP contribution is 2.24. The van der Waals surface area contributed by atoms with E-state index in [9.17, 15) is 10.2 Å². The van der Waals surface area contributed by atoms with Crippen LogP contribution in [0.5, 0.6) is 0 Å². The number of allylic oxidation sites excluding steroid dienone is 4. The first-order chi connectivity index (χ1) is 6.63. The monoisotopic (exact) mass is 194 g/mol. The maximum Gasteiger partial charge on any atom is 0.0581 e. The van der Waals surface area contributed by atoms with Gasteiger partial charge in [-0.3, -0.25) is 0 Å². The van der Waals surface area contributed by atoms with Gasteiger partial charge in [0.05, 0.1) is 12.2 Å². The van der Waals surface area contributed by atoms with Crippen molar-refractivity contribution in [3.05, 3.63) is 36.5 Å². The lowest BCUT2D eigenvalue weighted by Crippen LogP contribution is -2.30. The molecule has 1 aliphatic rings. The van der Waals surface area contributed by atoms with Gasteiger partial charge in [0.15, 0.2) is 0 Å². The first-order valence-corrected chi connectivity index (χ1v) is 5.00. The Labute approximate surface area is 85.3 Å². The van der Waals surface area contributed by atoms with Gasteiger partial charge in [0.25, 0.3) is 0 Å². The van der Waals surface area contributed by atoms with Crippen molar-refractivity contribution < 1.29 is 10.2 Å². The zero-order valence-electron chi connectivity index (χ0n) is 8.67. The van der Waals surface area contributed by atoms with Crippen LogP contribution in [0.4, 0.5) is 0 Å². The third-order valence-electron chi connectivity index (χ3n) is 2.56. The van der Waals surface area contributed by atoms with Crippen LogP contribution in [0.1, 0.15) is 13.8 Å². The first kappa shape index (κ1) is 11.2. The minimum atomic E-state index is -0.443. The summed E-state index contributed by atoms with van der Waals surface area (Å²) in [5.41, 5.74) is 0. The molecule has 0 aromatic carbocycles. The van der Waals surface area contributed by atoms with Crippen molar-refractivity contribution in [1.29, 1.82) is 0 Å². The van der Waals surface area contributed by atoms with Crippen LogP contribution in [0.15, 0.2) is 36.5 Å². The van der Waals surface area contributed by atoms with Gasteiger partial charge in [-0.2, -0.15) is 0 Å². The average Bonchev–Trinajstić information content (AvgIpc) is 2.01. The first-order valence-electron chi connectivity index (χ1n) is 5.00. The molecule has 14 heavy (non-hydrogen) atoms. The lowest BCUT2D eigenvalue weighted by molar-refractivity contribution is 0.0652. The maximum absolute atomic E-state index is 9.59. The Hall–Kier alpha value is -0.860. The van der Waals surface area contributed by atoms with Crippen molar-refractivity contribution in [3.8, 4) is 0 Å². The molecule has 0 bridgehead atoms. The highest BCUT2D eigenvalue weighted by molar-refractivity contribution is 5.18. The van der Waals surface area contributed by atoms with E-state index in [1.165, 1.54) is 0 Å². The largest absolute Gasteiger partial charge is 0.393 e. The van der Waals surface area contributed by atoms with Crippen LogP contribution >= 0.6 is 0 Å². The Morgan fingerprint density at radius 3 is 1.43 bits per heavy atom. The molecule has 78 valence electrons. The van der Waals surface area contributed by atoms with Crippen LogP contribution in [-0.2, 0) is 0 Å². The van der Waals surface area contributed by atoms with Crippen LogP contribution in [0.2, 0.25) is 0 Å². The van der Waals surface area contributed by atoms with E-state index >= 15 is 0 Å². The van der Waals surface area contributed by atoms with E-state index in [4.69, 9.17) is 0 Å². The molecule has 4 unspecified atom stereocenters. The predicted octanol–water partition coefficient (Wildman–Crippen LogP) is 1.66. The number of aliphatic hydroxyl groups is 2. The van der Waals surface area contributed by atoms with Gasteiger partial charge in [-0.15, -0.1) is 0 Å². The summed E-state index contributed by atoms with van der Waals surface area (Å²) in [6.07, 6.45) is 10.7. The Bertz CT molecular complexity index is 223. The molecule has 2 N–H and O–H groups in total.